The Kier molecular flexibility index (Phi) is 4.94. The Morgan fingerprint density at radius 3 is 2.96 bits per heavy atom. The molecule has 1 aromatic carbocycles. The molecule has 6 heteroatoms. The van der Waals surface area contributed by atoms with Crippen LogP contribution < -0.4 is 5.56 Å². The summed E-state index contributed by atoms with van der Waals surface area (Å²) in [4.78, 5) is 18.2. The second kappa shape index (κ2) is 6.95. The second-order valence-electron chi connectivity index (χ2n) is 6.54. The van der Waals surface area contributed by atoms with E-state index in [2.05, 4.69) is 23.7 Å². The largest absolute Gasteiger partial charge is 0.374 e. The standard InChI is InChI=1S/C17H23N3O2S/c1-12(2)9-19-7-8-22-13(10-19)11-20-16(21)14-5-3-4-6-15(14)18-17(20)23/h3-6,12-13H,7-11H2,1-2H3,(H,18,23). The fraction of sp³-hybridized carbons (Fsp3) is 0.529. The van der Waals surface area contributed by atoms with E-state index in [0.717, 1.165) is 25.2 Å². The van der Waals surface area contributed by atoms with Crippen LogP contribution in [-0.4, -0.2) is 46.8 Å². The summed E-state index contributed by atoms with van der Waals surface area (Å²) in [5.41, 5.74) is 0.735. The quantitative estimate of drug-likeness (QED) is 0.873. The zero-order valence-electron chi connectivity index (χ0n) is 13.6. The lowest BCUT2D eigenvalue weighted by Gasteiger charge is -2.34. The number of H-pyrrole nitrogens is 1. The summed E-state index contributed by atoms with van der Waals surface area (Å²) in [6.45, 7) is 8.48. The molecule has 1 aromatic heterocycles. The van der Waals surface area contributed by atoms with E-state index in [-0.39, 0.29) is 11.7 Å². The van der Waals surface area contributed by atoms with Crippen molar-refractivity contribution >= 4 is 23.1 Å². The third kappa shape index (κ3) is 3.71. The number of aromatic nitrogens is 2. The van der Waals surface area contributed by atoms with Gasteiger partial charge in [0.1, 0.15) is 0 Å². The van der Waals surface area contributed by atoms with E-state index < -0.39 is 0 Å². The summed E-state index contributed by atoms with van der Waals surface area (Å²) >= 11 is 5.37. The number of aromatic amines is 1. The van der Waals surface area contributed by atoms with Crippen LogP contribution in [0.5, 0.6) is 0 Å². The molecule has 0 bridgehead atoms. The molecule has 3 rings (SSSR count). The average Bonchev–Trinajstić information content (AvgIpc) is 2.51. The molecule has 23 heavy (non-hydrogen) atoms. The first kappa shape index (κ1) is 16.4. The maximum atomic E-state index is 12.7. The van der Waals surface area contributed by atoms with Crippen molar-refractivity contribution in [1.82, 2.24) is 14.5 Å². The average molecular weight is 333 g/mol. The molecular weight excluding hydrogens is 310 g/mol. The van der Waals surface area contributed by atoms with Crippen LogP contribution >= 0.6 is 12.2 Å². The van der Waals surface area contributed by atoms with E-state index in [1.807, 2.05) is 24.3 Å². The molecule has 0 amide bonds. The van der Waals surface area contributed by atoms with Crippen LogP contribution in [0.2, 0.25) is 0 Å². The minimum atomic E-state index is -0.0473. The van der Waals surface area contributed by atoms with Crippen molar-refractivity contribution in [2.24, 2.45) is 5.92 Å². The van der Waals surface area contributed by atoms with Gasteiger partial charge in [-0.05, 0) is 30.3 Å². The van der Waals surface area contributed by atoms with Gasteiger partial charge in [-0.1, -0.05) is 26.0 Å². The molecule has 5 nitrogen and oxygen atoms in total. The van der Waals surface area contributed by atoms with E-state index in [0.29, 0.717) is 29.2 Å². The maximum absolute atomic E-state index is 12.7. The highest BCUT2D eigenvalue weighted by atomic mass is 32.1. The lowest BCUT2D eigenvalue weighted by atomic mass is 10.2. The number of rotatable bonds is 4. The lowest BCUT2D eigenvalue weighted by Crippen LogP contribution is -2.46. The summed E-state index contributed by atoms with van der Waals surface area (Å²) in [5.74, 6) is 0.625. The van der Waals surface area contributed by atoms with Crippen LogP contribution in [0.15, 0.2) is 29.1 Å². The monoisotopic (exact) mass is 333 g/mol. The highest BCUT2D eigenvalue weighted by Crippen LogP contribution is 2.11. The Bertz CT molecular complexity index is 796. The van der Waals surface area contributed by atoms with Crippen molar-refractivity contribution in [1.29, 1.82) is 0 Å². The van der Waals surface area contributed by atoms with Gasteiger partial charge in [0.25, 0.3) is 5.56 Å². The Morgan fingerprint density at radius 1 is 1.39 bits per heavy atom. The van der Waals surface area contributed by atoms with Crippen LogP contribution in [0.3, 0.4) is 0 Å². The van der Waals surface area contributed by atoms with Crippen LogP contribution in [0.25, 0.3) is 10.9 Å². The third-order valence-corrected chi connectivity index (χ3v) is 4.44. The Labute approximate surface area is 140 Å². The number of nitrogens with one attached hydrogen (secondary N) is 1. The van der Waals surface area contributed by atoms with E-state index in [4.69, 9.17) is 17.0 Å². The molecule has 2 aromatic rings. The minimum Gasteiger partial charge on any atom is -0.374 e. The topological polar surface area (TPSA) is 50.3 Å². The van der Waals surface area contributed by atoms with Gasteiger partial charge in [0.2, 0.25) is 0 Å². The number of benzene rings is 1. The number of hydrogen-bond donors (Lipinski definition) is 1. The van der Waals surface area contributed by atoms with E-state index >= 15 is 0 Å². The highest BCUT2D eigenvalue weighted by molar-refractivity contribution is 7.71. The molecule has 1 aliphatic rings. The summed E-state index contributed by atoms with van der Waals surface area (Å²) in [6, 6.07) is 7.46. The molecule has 1 fully saturated rings. The molecule has 1 N–H and O–H groups in total. The third-order valence-electron chi connectivity index (χ3n) is 4.12. The van der Waals surface area contributed by atoms with Crippen LogP contribution in [0.1, 0.15) is 13.8 Å². The number of hydrogen-bond acceptors (Lipinski definition) is 4. The van der Waals surface area contributed by atoms with Crippen molar-refractivity contribution in [2.75, 3.05) is 26.2 Å². The molecule has 1 atom stereocenters. The van der Waals surface area contributed by atoms with Gasteiger partial charge >= 0.3 is 0 Å². The molecule has 1 aliphatic heterocycles. The molecule has 124 valence electrons. The number of nitrogens with zero attached hydrogens (tertiary/aromatic N) is 2. The summed E-state index contributed by atoms with van der Waals surface area (Å²) < 4.78 is 7.94. The van der Waals surface area contributed by atoms with Crippen molar-refractivity contribution in [3.63, 3.8) is 0 Å². The number of para-hydroxylation sites is 1. The van der Waals surface area contributed by atoms with Gasteiger partial charge in [0.05, 0.1) is 30.2 Å². The van der Waals surface area contributed by atoms with Gasteiger partial charge in [0.15, 0.2) is 4.77 Å². The second-order valence-corrected chi connectivity index (χ2v) is 6.92. The fourth-order valence-electron chi connectivity index (χ4n) is 3.14. The van der Waals surface area contributed by atoms with Gasteiger partial charge in [0, 0.05) is 19.6 Å². The van der Waals surface area contributed by atoms with Crippen LogP contribution in [-0.2, 0) is 11.3 Å². The van der Waals surface area contributed by atoms with Gasteiger partial charge < -0.3 is 9.72 Å². The zero-order valence-corrected chi connectivity index (χ0v) is 14.4. The van der Waals surface area contributed by atoms with Gasteiger partial charge in [-0.2, -0.15) is 0 Å². The molecule has 2 heterocycles. The maximum Gasteiger partial charge on any atom is 0.262 e. The number of morpholine rings is 1. The molecular formula is C17H23N3O2S. The van der Waals surface area contributed by atoms with Crippen molar-refractivity contribution < 1.29 is 4.74 Å². The Hall–Kier alpha value is -1.50. The van der Waals surface area contributed by atoms with Crippen molar-refractivity contribution in [3.05, 3.63) is 39.4 Å². The molecule has 0 saturated carbocycles. The Balaban J connectivity index is 1.84. The zero-order chi connectivity index (χ0) is 16.4. The fourth-order valence-corrected chi connectivity index (χ4v) is 3.41. The number of ether oxygens (including phenoxy) is 1. The lowest BCUT2D eigenvalue weighted by molar-refractivity contribution is -0.0396. The first-order valence-corrected chi connectivity index (χ1v) is 8.51. The van der Waals surface area contributed by atoms with Gasteiger partial charge in [-0.25, -0.2) is 0 Å². The predicted octanol–water partition coefficient (Wildman–Crippen LogP) is 2.42. The molecule has 0 spiro atoms. The number of fused-ring (bicyclic) bond motifs is 1. The van der Waals surface area contributed by atoms with E-state index in [9.17, 15) is 4.79 Å². The highest BCUT2D eigenvalue weighted by Gasteiger charge is 2.22. The summed E-state index contributed by atoms with van der Waals surface area (Å²) in [5, 5.41) is 0.663. The minimum absolute atomic E-state index is 0.00328. The summed E-state index contributed by atoms with van der Waals surface area (Å²) in [7, 11) is 0. The molecule has 0 radical (unpaired) electrons. The van der Waals surface area contributed by atoms with Crippen LogP contribution in [0.4, 0.5) is 0 Å². The Morgan fingerprint density at radius 2 is 2.17 bits per heavy atom. The van der Waals surface area contributed by atoms with Crippen LogP contribution in [0, 0.1) is 10.7 Å². The van der Waals surface area contributed by atoms with Crippen molar-refractivity contribution in [3.8, 4) is 0 Å². The smallest absolute Gasteiger partial charge is 0.262 e. The SMILES string of the molecule is CC(C)CN1CCOC(Cn2c(=S)[nH]c3ccccc3c2=O)C1. The van der Waals surface area contributed by atoms with Gasteiger partial charge in [-0.15, -0.1) is 0 Å². The molecule has 1 unspecified atom stereocenters. The van der Waals surface area contributed by atoms with E-state index in [1.54, 1.807) is 4.57 Å². The summed E-state index contributed by atoms with van der Waals surface area (Å²) in [6.07, 6.45) is -0.00328. The molecule has 1 saturated heterocycles. The van der Waals surface area contributed by atoms with Crippen molar-refractivity contribution in [2.45, 2.75) is 26.5 Å². The van der Waals surface area contributed by atoms with E-state index in [1.165, 1.54) is 0 Å². The first-order chi connectivity index (χ1) is 11.0. The predicted molar refractivity (Wildman–Crippen MR) is 94.4 cm³/mol. The van der Waals surface area contributed by atoms with Gasteiger partial charge in [-0.3, -0.25) is 14.3 Å². The normalized spacial score (nSPS) is 19.5. The molecule has 0 aliphatic carbocycles. The first-order valence-electron chi connectivity index (χ1n) is 8.10.